The van der Waals surface area contributed by atoms with E-state index in [-0.39, 0.29) is 0 Å². The van der Waals surface area contributed by atoms with Crippen molar-refractivity contribution < 1.29 is 0 Å². The molecule has 2 heteroatoms. The predicted molar refractivity (Wildman–Crippen MR) is 65.1 cm³/mol. The Hall–Kier alpha value is -0.340. The molecule has 2 fully saturated rings. The molecule has 0 aromatic rings. The van der Waals surface area contributed by atoms with E-state index in [1.807, 2.05) is 0 Å². The SMILES string of the molecule is CC(C)=CCN1CCNC2(CCCC2)C1. The summed E-state index contributed by atoms with van der Waals surface area (Å²) in [6.07, 6.45) is 7.97. The number of hydrogen-bond acceptors (Lipinski definition) is 2. The normalized spacial score (nSPS) is 25.7. The molecule has 0 bridgehead atoms. The van der Waals surface area contributed by atoms with Crippen LogP contribution in [0, 0.1) is 0 Å². The van der Waals surface area contributed by atoms with Gasteiger partial charge in [-0.1, -0.05) is 24.5 Å². The van der Waals surface area contributed by atoms with Crippen molar-refractivity contribution in [1.29, 1.82) is 0 Å². The fourth-order valence-corrected chi connectivity index (χ4v) is 2.90. The molecule has 0 amide bonds. The van der Waals surface area contributed by atoms with Crippen LogP contribution >= 0.6 is 0 Å². The highest BCUT2D eigenvalue weighted by Gasteiger charge is 2.36. The Labute approximate surface area is 93.7 Å². The molecule has 0 aromatic carbocycles. The second-order valence-electron chi connectivity index (χ2n) is 5.43. The second-order valence-corrected chi connectivity index (χ2v) is 5.43. The van der Waals surface area contributed by atoms with Gasteiger partial charge in [-0.2, -0.15) is 0 Å². The zero-order chi connectivity index (χ0) is 10.7. The van der Waals surface area contributed by atoms with Gasteiger partial charge in [0.2, 0.25) is 0 Å². The van der Waals surface area contributed by atoms with E-state index >= 15 is 0 Å². The molecule has 86 valence electrons. The van der Waals surface area contributed by atoms with Gasteiger partial charge in [-0.05, 0) is 26.7 Å². The summed E-state index contributed by atoms with van der Waals surface area (Å²) in [4.78, 5) is 2.61. The summed E-state index contributed by atoms with van der Waals surface area (Å²) in [7, 11) is 0. The van der Waals surface area contributed by atoms with E-state index in [9.17, 15) is 0 Å². The Morgan fingerprint density at radius 3 is 2.73 bits per heavy atom. The average molecular weight is 208 g/mol. The molecule has 0 radical (unpaired) electrons. The first-order valence-corrected chi connectivity index (χ1v) is 6.31. The average Bonchev–Trinajstić information content (AvgIpc) is 2.63. The van der Waals surface area contributed by atoms with E-state index in [0.29, 0.717) is 5.54 Å². The van der Waals surface area contributed by atoms with Crippen LogP contribution in [-0.2, 0) is 0 Å². The lowest BCUT2D eigenvalue weighted by Crippen LogP contribution is -2.58. The Morgan fingerprint density at radius 1 is 1.33 bits per heavy atom. The van der Waals surface area contributed by atoms with Gasteiger partial charge in [0.15, 0.2) is 0 Å². The van der Waals surface area contributed by atoms with Crippen LogP contribution in [0.3, 0.4) is 0 Å². The van der Waals surface area contributed by atoms with E-state index in [4.69, 9.17) is 0 Å². The fourth-order valence-electron chi connectivity index (χ4n) is 2.90. The molecule has 0 atom stereocenters. The third-order valence-corrected chi connectivity index (χ3v) is 3.77. The van der Waals surface area contributed by atoms with Crippen molar-refractivity contribution in [2.75, 3.05) is 26.2 Å². The number of hydrogen-bond donors (Lipinski definition) is 1. The first-order chi connectivity index (χ1) is 7.20. The molecular weight excluding hydrogens is 184 g/mol. The maximum Gasteiger partial charge on any atom is 0.0309 e. The minimum atomic E-state index is 0.480. The van der Waals surface area contributed by atoms with Gasteiger partial charge in [0, 0.05) is 31.7 Å². The third-order valence-electron chi connectivity index (χ3n) is 3.77. The number of nitrogens with zero attached hydrogens (tertiary/aromatic N) is 1. The van der Waals surface area contributed by atoms with Crippen molar-refractivity contribution >= 4 is 0 Å². The van der Waals surface area contributed by atoms with Crippen molar-refractivity contribution in [1.82, 2.24) is 10.2 Å². The summed E-state index contributed by atoms with van der Waals surface area (Å²) in [5, 5.41) is 3.75. The van der Waals surface area contributed by atoms with Gasteiger partial charge >= 0.3 is 0 Å². The van der Waals surface area contributed by atoms with Gasteiger partial charge in [-0.3, -0.25) is 4.90 Å². The summed E-state index contributed by atoms with van der Waals surface area (Å²) in [5.41, 5.74) is 1.92. The largest absolute Gasteiger partial charge is 0.309 e. The van der Waals surface area contributed by atoms with Crippen molar-refractivity contribution in [2.45, 2.75) is 45.1 Å². The number of piperazine rings is 1. The van der Waals surface area contributed by atoms with Gasteiger partial charge in [0.05, 0.1) is 0 Å². The van der Waals surface area contributed by atoms with Crippen LogP contribution in [0.2, 0.25) is 0 Å². The second kappa shape index (κ2) is 4.67. The topological polar surface area (TPSA) is 15.3 Å². The molecular formula is C13H24N2. The van der Waals surface area contributed by atoms with Gasteiger partial charge in [-0.25, -0.2) is 0 Å². The zero-order valence-corrected chi connectivity index (χ0v) is 10.2. The van der Waals surface area contributed by atoms with Crippen molar-refractivity contribution in [3.8, 4) is 0 Å². The van der Waals surface area contributed by atoms with Crippen LogP contribution in [0.4, 0.5) is 0 Å². The first-order valence-electron chi connectivity index (χ1n) is 6.31. The molecule has 1 saturated heterocycles. The van der Waals surface area contributed by atoms with Gasteiger partial charge < -0.3 is 5.32 Å². The maximum absolute atomic E-state index is 3.75. The number of rotatable bonds is 2. The molecule has 2 rings (SSSR count). The molecule has 2 nitrogen and oxygen atoms in total. The van der Waals surface area contributed by atoms with E-state index in [1.165, 1.54) is 50.9 Å². The summed E-state index contributed by atoms with van der Waals surface area (Å²) >= 11 is 0. The van der Waals surface area contributed by atoms with E-state index in [2.05, 4.69) is 30.1 Å². The highest BCUT2D eigenvalue weighted by Crippen LogP contribution is 2.31. The molecule has 1 heterocycles. The molecule has 15 heavy (non-hydrogen) atoms. The molecule has 0 unspecified atom stereocenters. The fraction of sp³-hybridized carbons (Fsp3) is 0.846. The van der Waals surface area contributed by atoms with Crippen LogP contribution in [0.25, 0.3) is 0 Å². The monoisotopic (exact) mass is 208 g/mol. The van der Waals surface area contributed by atoms with Crippen molar-refractivity contribution in [3.63, 3.8) is 0 Å². The molecule has 1 aliphatic carbocycles. The lowest BCUT2D eigenvalue weighted by atomic mass is 9.94. The van der Waals surface area contributed by atoms with E-state index in [1.54, 1.807) is 0 Å². The molecule has 1 saturated carbocycles. The highest BCUT2D eigenvalue weighted by atomic mass is 15.2. The third kappa shape index (κ3) is 2.82. The Morgan fingerprint density at radius 2 is 2.07 bits per heavy atom. The van der Waals surface area contributed by atoms with Crippen molar-refractivity contribution in [2.24, 2.45) is 0 Å². The number of allylic oxidation sites excluding steroid dienone is 1. The molecule has 1 spiro atoms. The van der Waals surface area contributed by atoms with Gasteiger partial charge in [0.25, 0.3) is 0 Å². The minimum Gasteiger partial charge on any atom is -0.309 e. The van der Waals surface area contributed by atoms with Gasteiger partial charge in [0.1, 0.15) is 0 Å². The maximum atomic E-state index is 3.75. The van der Waals surface area contributed by atoms with Crippen LogP contribution < -0.4 is 5.32 Å². The Bertz CT molecular complexity index is 235. The molecule has 2 aliphatic rings. The van der Waals surface area contributed by atoms with Crippen LogP contribution in [0.5, 0.6) is 0 Å². The smallest absolute Gasteiger partial charge is 0.0309 e. The summed E-state index contributed by atoms with van der Waals surface area (Å²) in [6, 6.07) is 0. The summed E-state index contributed by atoms with van der Waals surface area (Å²) in [5.74, 6) is 0. The lowest BCUT2D eigenvalue weighted by molar-refractivity contribution is 0.146. The van der Waals surface area contributed by atoms with Crippen LogP contribution in [0.15, 0.2) is 11.6 Å². The Balaban J connectivity index is 1.89. The van der Waals surface area contributed by atoms with E-state index in [0.717, 1.165) is 6.54 Å². The van der Waals surface area contributed by atoms with Crippen molar-refractivity contribution in [3.05, 3.63) is 11.6 Å². The molecule has 1 N–H and O–H groups in total. The summed E-state index contributed by atoms with van der Waals surface area (Å²) in [6.45, 7) is 9.17. The van der Waals surface area contributed by atoms with Crippen LogP contribution in [-0.4, -0.2) is 36.6 Å². The number of nitrogens with one attached hydrogen (secondary N) is 1. The molecule has 1 aliphatic heterocycles. The van der Waals surface area contributed by atoms with Crippen LogP contribution in [0.1, 0.15) is 39.5 Å². The minimum absolute atomic E-state index is 0.480. The molecule has 0 aromatic heterocycles. The standard InChI is InChI=1S/C13H24N2/c1-12(2)5-9-15-10-8-14-13(11-15)6-3-4-7-13/h5,14H,3-4,6-11H2,1-2H3. The predicted octanol–water partition coefficient (Wildman–Crippen LogP) is 2.17. The van der Waals surface area contributed by atoms with E-state index < -0.39 is 0 Å². The lowest BCUT2D eigenvalue weighted by Gasteiger charge is -2.41. The first kappa shape index (κ1) is 11.2. The Kier molecular flexibility index (Phi) is 3.47. The van der Waals surface area contributed by atoms with Gasteiger partial charge in [-0.15, -0.1) is 0 Å². The summed E-state index contributed by atoms with van der Waals surface area (Å²) < 4.78 is 0. The quantitative estimate of drug-likeness (QED) is 0.700. The zero-order valence-electron chi connectivity index (χ0n) is 10.2. The highest BCUT2D eigenvalue weighted by molar-refractivity contribution is 5.01.